The maximum atomic E-state index is 12.0. The second kappa shape index (κ2) is 4.76. The van der Waals surface area contributed by atoms with Gasteiger partial charge in [0.15, 0.2) is 5.13 Å². The second-order valence-corrected chi connectivity index (χ2v) is 6.54. The molecule has 0 unspecified atom stereocenters. The lowest BCUT2D eigenvalue weighted by molar-refractivity contribution is 0.0238. The van der Waals surface area contributed by atoms with Gasteiger partial charge in [0.05, 0.1) is 12.2 Å². The molecule has 0 aliphatic carbocycles. The average Bonchev–Trinajstić information content (AvgIpc) is 2.43. The number of carbonyl (C=O) groups is 1. The lowest BCUT2D eigenvalue weighted by atomic mass is 10.2. The maximum Gasteiger partial charge on any atom is 0.410 e. The van der Waals surface area contributed by atoms with Crippen LogP contribution in [0.25, 0.3) is 0 Å². The van der Waals surface area contributed by atoms with E-state index in [1.807, 2.05) is 20.8 Å². The molecule has 1 aliphatic rings. The van der Waals surface area contributed by atoms with Gasteiger partial charge in [0.1, 0.15) is 5.60 Å². The summed E-state index contributed by atoms with van der Waals surface area (Å²) in [5.41, 5.74) is 6.28. The van der Waals surface area contributed by atoms with Crippen molar-refractivity contribution in [3.8, 4) is 0 Å². The van der Waals surface area contributed by atoms with Crippen LogP contribution in [-0.4, -0.2) is 28.1 Å². The molecule has 1 aromatic rings. The van der Waals surface area contributed by atoms with E-state index in [1.165, 1.54) is 11.3 Å². The summed E-state index contributed by atoms with van der Waals surface area (Å²) in [6, 6.07) is 0. The fourth-order valence-electron chi connectivity index (χ4n) is 1.89. The predicted octanol–water partition coefficient (Wildman–Crippen LogP) is 2.41. The summed E-state index contributed by atoms with van der Waals surface area (Å²) in [5, 5.41) is 0.575. The summed E-state index contributed by atoms with van der Waals surface area (Å²) in [4.78, 5) is 19.1. The van der Waals surface area contributed by atoms with Crippen molar-refractivity contribution in [2.24, 2.45) is 0 Å². The molecule has 2 rings (SSSR count). The third-order valence-electron chi connectivity index (χ3n) is 2.62. The molecule has 6 heteroatoms. The van der Waals surface area contributed by atoms with Crippen LogP contribution in [0.5, 0.6) is 0 Å². The highest BCUT2D eigenvalue weighted by Crippen LogP contribution is 2.26. The first-order valence-corrected chi connectivity index (χ1v) is 6.89. The molecule has 2 N–H and O–H groups in total. The fraction of sp³-hybridized carbons (Fsp3) is 0.667. The third kappa shape index (κ3) is 3.13. The van der Waals surface area contributed by atoms with Crippen molar-refractivity contribution in [1.82, 2.24) is 9.88 Å². The summed E-state index contributed by atoms with van der Waals surface area (Å²) in [6.45, 7) is 6.88. The highest BCUT2D eigenvalue weighted by Gasteiger charge is 2.25. The zero-order valence-electron chi connectivity index (χ0n) is 11.0. The number of amides is 1. The van der Waals surface area contributed by atoms with E-state index in [1.54, 1.807) is 4.90 Å². The number of hydrogen-bond acceptors (Lipinski definition) is 5. The van der Waals surface area contributed by atoms with E-state index in [0.717, 1.165) is 23.4 Å². The third-order valence-corrected chi connectivity index (χ3v) is 3.53. The first kappa shape index (κ1) is 13.1. The summed E-state index contributed by atoms with van der Waals surface area (Å²) in [7, 11) is 0. The normalized spacial score (nSPS) is 16.1. The van der Waals surface area contributed by atoms with Gasteiger partial charge in [0.25, 0.3) is 0 Å². The largest absolute Gasteiger partial charge is 0.444 e. The minimum absolute atomic E-state index is 0.262. The number of carbonyl (C=O) groups excluding carboxylic acids is 1. The Morgan fingerprint density at radius 1 is 1.50 bits per heavy atom. The van der Waals surface area contributed by atoms with Crippen LogP contribution in [0.3, 0.4) is 0 Å². The van der Waals surface area contributed by atoms with Gasteiger partial charge in [-0.05, 0) is 33.6 Å². The standard InChI is InChI=1S/C12H19N3O2S/c1-12(2,3)17-11(16)15-6-4-5-8-9(7-15)18-10(13)14-8/h4-7H2,1-3H3,(H2,13,14). The molecule has 2 heterocycles. The minimum Gasteiger partial charge on any atom is -0.444 e. The van der Waals surface area contributed by atoms with Crippen molar-refractivity contribution in [1.29, 1.82) is 0 Å². The van der Waals surface area contributed by atoms with E-state index >= 15 is 0 Å². The summed E-state index contributed by atoms with van der Waals surface area (Å²) in [5.74, 6) is 0. The molecular formula is C12H19N3O2S. The average molecular weight is 269 g/mol. The lowest BCUT2D eigenvalue weighted by Crippen LogP contribution is -2.36. The Morgan fingerprint density at radius 3 is 2.89 bits per heavy atom. The quantitative estimate of drug-likeness (QED) is 0.785. The first-order valence-electron chi connectivity index (χ1n) is 6.07. The first-order chi connectivity index (χ1) is 8.35. The van der Waals surface area contributed by atoms with Crippen LogP contribution in [0.1, 0.15) is 37.8 Å². The van der Waals surface area contributed by atoms with E-state index in [4.69, 9.17) is 10.5 Å². The van der Waals surface area contributed by atoms with Crippen LogP contribution in [-0.2, 0) is 17.7 Å². The molecule has 0 saturated heterocycles. The van der Waals surface area contributed by atoms with E-state index in [2.05, 4.69) is 4.98 Å². The van der Waals surface area contributed by atoms with Gasteiger partial charge >= 0.3 is 6.09 Å². The molecule has 1 amide bonds. The van der Waals surface area contributed by atoms with Crippen LogP contribution < -0.4 is 5.73 Å². The Hall–Kier alpha value is -1.30. The molecule has 18 heavy (non-hydrogen) atoms. The van der Waals surface area contributed by atoms with Crippen molar-refractivity contribution in [3.63, 3.8) is 0 Å². The highest BCUT2D eigenvalue weighted by atomic mass is 32.1. The monoisotopic (exact) mass is 269 g/mol. The van der Waals surface area contributed by atoms with Crippen molar-refractivity contribution >= 4 is 22.6 Å². The smallest absolute Gasteiger partial charge is 0.410 e. The number of anilines is 1. The molecule has 1 aliphatic heterocycles. The van der Waals surface area contributed by atoms with Gasteiger partial charge in [-0.1, -0.05) is 0 Å². The number of fused-ring (bicyclic) bond motifs is 1. The predicted molar refractivity (Wildman–Crippen MR) is 71.5 cm³/mol. The van der Waals surface area contributed by atoms with Crippen LogP contribution in [0.2, 0.25) is 0 Å². The molecule has 0 aromatic carbocycles. The topological polar surface area (TPSA) is 68.5 Å². The number of nitrogens with zero attached hydrogens (tertiary/aromatic N) is 2. The fourth-order valence-corrected chi connectivity index (χ4v) is 2.79. The van der Waals surface area contributed by atoms with Crippen molar-refractivity contribution in [3.05, 3.63) is 10.6 Å². The lowest BCUT2D eigenvalue weighted by Gasteiger charge is -2.26. The molecule has 1 aromatic heterocycles. The Kier molecular flexibility index (Phi) is 3.47. The van der Waals surface area contributed by atoms with E-state index < -0.39 is 5.60 Å². The molecule has 0 atom stereocenters. The molecule has 0 saturated carbocycles. The number of hydrogen-bond donors (Lipinski definition) is 1. The zero-order valence-corrected chi connectivity index (χ0v) is 11.8. The number of nitrogens with two attached hydrogens (primary N) is 1. The SMILES string of the molecule is CC(C)(C)OC(=O)N1CCCc2nc(N)sc2C1. The number of nitrogen functional groups attached to an aromatic ring is 1. The highest BCUT2D eigenvalue weighted by molar-refractivity contribution is 7.15. The van der Waals surface area contributed by atoms with Gasteiger partial charge in [-0.3, -0.25) is 0 Å². The van der Waals surface area contributed by atoms with Crippen LogP contribution in [0.15, 0.2) is 0 Å². The number of aryl methyl sites for hydroxylation is 1. The van der Waals surface area contributed by atoms with Gasteiger partial charge in [-0.25, -0.2) is 9.78 Å². The van der Waals surface area contributed by atoms with Gasteiger partial charge in [-0.2, -0.15) is 0 Å². The summed E-state index contributed by atoms with van der Waals surface area (Å²) in [6.07, 6.45) is 1.51. The van der Waals surface area contributed by atoms with Gasteiger partial charge < -0.3 is 15.4 Å². The Labute approximate surface area is 111 Å². The minimum atomic E-state index is -0.459. The number of rotatable bonds is 0. The number of aromatic nitrogens is 1. The zero-order chi connectivity index (χ0) is 13.3. The Bertz CT molecular complexity index is 451. The van der Waals surface area contributed by atoms with Crippen molar-refractivity contribution in [2.75, 3.05) is 12.3 Å². The molecule has 100 valence electrons. The number of ether oxygens (including phenoxy) is 1. The molecular weight excluding hydrogens is 250 g/mol. The molecule has 0 bridgehead atoms. The second-order valence-electron chi connectivity index (χ2n) is 5.43. The van der Waals surface area contributed by atoms with Crippen LogP contribution in [0, 0.1) is 0 Å². The van der Waals surface area contributed by atoms with Crippen molar-refractivity contribution in [2.45, 2.75) is 45.8 Å². The summed E-state index contributed by atoms with van der Waals surface area (Å²) >= 11 is 1.46. The Balaban J connectivity index is 2.09. The van der Waals surface area contributed by atoms with Gasteiger partial charge in [0, 0.05) is 11.4 Å². The van der Waals surface area contributed by atoms with E-state index in [-0.39, 0.29) is 6.09 Å². The molecule has 0 radical (unpaired) electrons. The van der Waals surface area contributed by atoms with Crippen molar-refractivity contribution < 1.29 is 9.53 Å². The Morgan fingerprint density at radius 2 is 2.22 bits per heavy atom. The van der Waals surface area contributed by atoms with Crippen LogP contribution >= 0.6 is 11.3 Å². The van der Waals surface area contributed by atoms with E-state index in [9.17, 15) is 4.79 Å². The molecule has 5 nitrogen and oxygen atoms in total. The van der Waals surface area contributed by atoms with E-state index in [0.29, 0.717) is 18.2 Å². The van der Waals surface area contributed by atoms with Gasteiger partial charge in [-0.15, -0.1) is 11.3 Å². The van der Waals surface area contributed by atoms with Crippen LogP contribution in [0.4, 0.5) is 9.93 Å². The maximum absolute atomic E-state index is 12.0. The molecule has 0 fully saturated rings. The number of thiazole rings is 1. The van der Waals surface area contributed by atoms with Gasteiger partial charge in [0.2, 0.25) is 0 Å². The molecule has 0 spiro atoms. The summed E-state index contributed by atoms with van der Waals surface area (Å²) < 4.78 is 5.39.